The summed E-state index contributed by atoms with van der Waals surface area (Å²) >= 11 is 0. The van der Waals surface area contributed by atoms with Crippen molar-refractivity contribution in [3.63, 3.8) is 0 Å². The molecule has 78 heavy (non-hydrogen) atoms. The lowest BCUT2D eigenvalue weighted by molar-refractivity contribution is 0.0445. The van der Waals surface area contributed by atoms with Gasteiger partial charge in [-0.05, 0) is 49.9 Å². The van der Waals surface area contributed by atoms with E-state index in [2.05, 4.69) is 27.7 Å². The van der Waals surface area contributed by atoms with Crippen LogP contribution in [0.25, 0.3) is 0 Å². The van der Waals surface area contributed by atoms with Crippen molar-refractivity contribution in [2.45, 2.75) is 233 Å². The smallest absolute Gasteiger partial charge is 0.339 e. The van der Waals surface area contributed by atoms with Crippen molar-refractivity contribution in [2.24, 2.45) is 0 Å². The van der Waals surface area contributed by atoms with Gasteiger partial charge in [-0.3, -0.25) is 0 Å². The minimum absolute atomic E-state index is 0.0395. The Morgan fingerprint density at radius 3 is 0.654 bits per heavy atom. The van der Waals surface area contributed by atoms with Gasteiger partial charge in [-0.25, -0.2) is 19.2 Å². The third kappa shape index (κ3) is 30.7. The lowest BCUT2D eigenvalue weighted by Crippen LogP contribution is -2.19. The van der Waals surface area contributed by atoms with Gasteiger partial charge in [0, 0.05) is 0 Å². The Kier molecular flexibility index (Phi) is 40.1. The Bertz CT molecular complexity index is 1620. The fourth-order valence-corrected chi connectivity index (χ4v) is 9.21. The van der Waals surface area contributed by atoms with Crippen LogP contribution in [0.4, 0.5) is 0 Å². The molecule has 0 saturated carbocycles. The Labute approximate surface area is 470 Å². The van der Waals surface area contributed by atoms with E-state index in [4.69, 9.17) is 47.4 Å². The molecule has 3 rings (SSSR count). The van der Waals surface area contributed by atoms with Gasteiger partial charge in [-0.1, -0.05) is 207 Å². The SMILES string of the molecule is CCCCCCCCCCOC(=O)c1cc2c(cc1C(=O)OCCCCCCCCCC)OCCOCCOc1cc(C(=O)OCCCCCCCCCC)c(C(=O)OCCCCCCCCCC)cc1OCCOCCO2. The number of hydrogen-bond acceptors (Lipinski definition) is 14. The molecule has 14 nitrogen and oxygen atoms in total. The monoisotopic (exact) mass is 1100 g/mol. The zero-order chi connectivity index (χ0) is 55.9. The van der Waals surface area contributed by atoms with Crippen LogP contribution in [-0.2, 0) is 28.4 Å². The molecule has 0 aliphatic carbocycles. The maximum atomic E-state index is 13.8. The van der Waals surface area contributed by atoms with E-state index in [1.807, 2.05) is 0 Å². The largest absolute Gasteiger partial charge is 0.487 e. The standard InChI is InChI=1S/C64H104O14/c1-5-9-13-17-21-25-29-33-37-75-61(65)53-49-57-58(50-54(53)62(66)76-38-34-30-26-22-18-14-10-6-2)72-46-42-70-44-48-74-60-52-56(64(68)78-40-36-32-28-24-20-16-12-8-4)55(51-59(60)73-47-43-69-41-45-71-57)63(67)77-39-35-31-27-23-19-15-11-7-3/h49-52H,5-48H2,1-4H3. The van der Waals surface area contributed by atoms with Crippen molar-refractivity contribution in [3.8, 4) is 23.0 Å². The van der Waals surface area contributed by atoms with E-state index in [0.717, 1.165) is 103 Å². The van der Waals surface area contributed by atoms with E-state index in [0.29, 0.717) is 0 Å². The van der Waals surface area contributed by atoms with Gasteiger partial charge in [-0.15, -0.1) is 0 Å². The average molecular weight is 1100 g/mol. The Balaban J connectivity index is 1.74. The third-order valence-corrected chi connectivity index (χ3v) is 13.9. The first kappa shape index (κ1) is 67.7. The quantitative estimate of drug-likeness (QED) is 0.0352. The summed E-state index contributed by atoms with van der Waals surface area (Å²) in [6, 6.07) is 5.96. The molecule has 0 N–H and O–H groups in total. The maximum Gasteiger partial charge on any atom is 0.339 e. The highest BCUT2D eigenvalue weighted by Crippen LogP contribution is 2.34. The number of esters is 4. The molecule has 0 fully saturated rings. The molecule has 14 heteroatoms. The van der Waals surface area contributed by atoms with E-state index in [1.54, 1.807) is 0 Å². The maximum absolute atomic E-state index is 13.8. The number of rotatable bonds is 40. The van der Waals surface area contributed by atoms with Crippen LogP contribution in [0.1, 0.15) is 275 Å². The second-order valence-corrected chi connectivity index (χ2v) is 20.8. The van der Waals surface area contributed by atoms with Crippen molar-refractivity contribution in [1.82, 2.24) is 0 Å². The first-order valence-corrected chi connectivity index (χ1v) is 31.1. The molecule has 0 saturated heterocycles. The highest BCUT2D eigenvalue weighted by atomic mass is 16.6. The summed E-state index contributed by atoms with van der Waals surface area (Å²) < 4.78 is 59.6. The van der Waals surface area contributed by atoms with Crippen LogP contribution in [-0.4, -0.2) is 103 Å². The van der Waals surface area contributed by atoms with Crippen LogP contribution in [0.3, 0.4) is 0 Å². The van der Waals surface area contributed by atoms with Crippen molar-refractivity contribution in [3.05, 3.63) is 46.5 Å². The van der Waals surface area contributed by atoms with Gasteiger partial charge in [0.05, 0.1) is 75.1 Å². The summed E-state index contributed by atoms with van der Waals surface area (Å²) in [6.07, 6.45) is 35.3. The molecule has 0 atom stereocenters. The predicted molar refractivity (Wildman–Crippen MR) is 308 cm³/mol. The van der Waals surface area contributed by atoms with Crippen LogP contribution in [0, 0.1) is 0 Å². The fraction of sp³-hybridized carbons (Fsp3) is 0.750. The third-order valence-electron chi connectivity index (χ3n) is 13.9. The molecule has 0 spiro atoms. The number of unbranched alkanes of at least 4 members (excludes halogenated alkanes) is 28. The van der Waals surface area contributed by atoms with Crippen LogP contribution >= 0.6 is 0 Å². The molecule has 0 bridgehead atoms. The summed E-state index contributed by atoms with van der Waals surface area (Å²) in [5.74, 6) is -1.60. The molecule has 1 aliphatic rings. The van der Waals surface area contributed by atoms with Gasteiger partial charge >= 0.3 is 23.9 Å². The average Bonchev–Trinajstić information content (AvgIpc) is 3.47. The second-order valence-electron chi connectivity index (χ2n) is 20.8. The number of fused-ring (bicyclic) bond motifs is 2. The summed E-state index contributed by atoms with van der Waals surface area (Å²) in [5, 5.41) is 0. The first-order chi connectivity index (χ1) is 38.3. The van der Waals surface area contributed by atoms with Crippen molar-refractivity contribution >= 4 is 23.9 Å². The van der Waals surface area contributed by atoms with Crippen molar-refractivity contribution in [2.75, 3.05) is 79.3 Å². The van der Waals surface area contributed by atoms with Crippen LogP contribution in [0.2, 0.25) is 0 Å². The zero-order valence-corrected chi connectivity index (χ0v) is 49.1. The minimum Gasteiger partial charge on any atom is -0.487 e. The number of carbonyl (C=O) groups excluding carboxylic acids is 4. The predicted octanol–water partition coefficient (Wildman–Crippen LogP) is 16.1. The number of carbonyl (C=O) groups is 4. The second kappa shape index (κ2) is 46.2. The fourth-order valence-electron chi connectivity index (χ4n) is 9.21. The summed E-state index contributed by atoms with van der Waals surface area (Å²) in [5.41, 5.74) is 0.158. The molecule has 444 valence electrons. The minimum atomic E-state index is -0.637. The zero-order valence-electron chi connectivity index (χ0n) is 49.1. The van der Waals surface area contributed by atoms with Gasteiger partial charge in [-0.2, -0.15) is 0 Å². The van der Waals surface area contributed by atoms with Gasteiger partial charge < -0.3 is 47.4 Å². The lowest BCUT2D eigenvalue weighted by atomic mass is 10.1. The Hall–Kier alpha value is -4.56. The molecule has 0 unspecified atom stereocenters. The molecule has 0 amide bonds. The lowest BCUT2D eigenvalue weighted by Gasteiger charge is -2.18. The van der Waals surface area contributed by atoms with Crippen molar-refractivity contribution in [1.29, 1.82) is 0 Å². The van der Waals surface area contributed by atoms with Crippen LogP contribution in [0.5, 0.6) is 23.0 Å². The van der Waals surface area contributed by atoms with Gasteiger partial charge in [0.15, 0.2) is 23.0 Å². The van der Waals surface area contributed by atoms with E-state index in [1.165, 1.54) is 127 Å². The molecule has 2 aromatic rings. The van der Waals surface area contributed by atoms with E-state index in [-0.39, 0.29) is 125 Å². The normalized spacial score (nSPS) is 13.3. The van der Waals surface area contributed by atoms with Crippen LogP contribution < -0.4 is 18.9 Å². The van der Waals surface area contributed by atoms with Gasteiger partial charge in [0.1, 0.15) is 26.4 Å². The summed E-state index contributed by atoms with van der Waals surface area (Å²) in [7, 11) is 0. The molecule has 1 heterocycles. The highest BCUT2D eigenvalue weighted by Gasteiger charge is 2.26. The van der Waals surface area contributed by atoms with E-state index in [9.17, 15) is 19.2 Å². The Morgan fingerprint density at radius 1 is 0.282 bits per heavy atom. The van der Waals surface area contributed by atoms with E-state index < -0.39 is 23.9 Å². The molecule has 1 aliphatic heterocycles. The summed E-state index contributed by atoms with van der Waals surface area (Å²) in [4.78, 5) is 55.0. The number of benzene rings is 2. The topological polar surface area (TPSA) is 161 Å². The molecular weight excluding hydrogens is 993 g/mol. The number of hydrogen-bond donors (Lipinski definition) is 0. The highest BCUT2D eigenvalue weighted by molar-refractivity contribution is 6.05. The van der Waals surface area contributed by atoms with Crippen molar-refractivity contribution < 1.29 is 66.5 Å². The Morgan fingerprint density at radius 2 is 0.462 bits per heavy atom. The molecule has 0 aromatic heterocycles. The van der Waals surface area contributed by atoms with Crippen LogP contribution in [0.15, 0.2) is 24.3 Å². The number of ether oxygens (including phenoxy) is 10. The summed E-state index contributed by atoms with van der Waals surface area (Å²) in [6.45, 7) is 10.6. The molecule has 2 aromatic carbocycles. The van der Waals surface area contributed by atoms with E-state index >= 15 is 0 Å². The van der Waals surface area contributed by atoms with Gasteiger partial charge in [0.25, 0.3) is 0 Å². The van der Waals surface area contributed by atoms with Gasteiger partial charge in [0.2, 0.25) is 0 Å². The molecular formula is C64H104O14. The molecule has 0 radical (unpaired) electrons. The first-order valence-electron chi connectivity index (χ1n) is 31.1.